The van der Waals surface area contributed by atoms with Gasteiger partial charge in [-0.2, -0.15) is 0 Å². The zero-order chi connectivity index (χ0) is 26.6. The summed E-state index contributed by atoms with van der Waals surface area (Å²) in [5, 5.41) is 2.44. The quantitative estimate of drug-likeness (QED) is 0.468. The highest BCUT2D eigenvalue weighted by Crippen LogP contribution is 2.22. The van der Waals surface area contributed by atoms with E-state index in [2.05, 4.69) is 14.8 Å². The van der Waals surface area contributed by atoms with E-state index in [1.54, 1.807) is 0 Å². The van der Waals surface area contributed by atoms with Crippen molar-refractivity contribution in [3.63, 3.8) is 0 Å². The van der Waals surface area contributed by atoms with E-state index >= 15 is 0 Å². The van der Waals surface area contributed by atoms with Crippen LogP contribution in [0.15, 0.2) is 47.4 Å². The largest absolute Gasteiger partial charge is 0.465 e. The van der Waals surface area contributed by atoms with Gasteiger partial charge in [-0.25, -0.2) is 30.7 Å². The van der Waals surface area contributed by atoms with Gasteiger partial charge in [-0.1, -0.05) is 0 Å². The van der Waals surface area contributed by atoms with E-state index in [-0.39, 0.29) is 27.4 Å². The topological polar surface area (TPSA) is 156 Å². The Hall–Kier alpha value is -3.49. The molecule has 190 valence electrons. The van der Waals surface area contributed by atoms with Crippen LogP contribution in [0.25, 0.3) is 0 Å². The number of benzene rings is 2. The van der Waals surface area contributed by atoms with E-state index < -0.39 is 44.4 Å². The normalized spacial score (nSPS) is 11.6. The van der Waals surface area contributed by atoms with Crippen molar-refractivity contribution in [2.45, 2.75) is 4.90 Å². The lowest BCUT2D eigenvalue weighted by atomic mass is 10.1. The van der Waals surface area contributed by atoms with Crippen LogP contribution in [0.5, 0.6) is 0 Å². The Balaban J connectivity index is 2.35. The molecule has 0 saturated carbocycles. The number of sulfonamides is 2. The molecule has 0 unspecified atom stereocenters. The van der Waals surface area contributed by atoms with Crippen LogP contribution in [0.2, 0.25) is 0 Å². The molecule has 0 bridgehead atoms. The summed E-state index contributed by atoms with van der Waals surface area (Å²) in [7, 11) is -2.69. The molecule has 0 aliphatic heterocycles. The van der Waals surface area contributed by atoms with Crippen LogP contribution in [0.4, 0.5) is 11.4 Å². The van der Waals surface area contributed by atoms with E-state index in [1.807, 2.05) is 0 Å². The number of carbonyl (C=O) groups is 3. The van der Waals surface area contributed by atoms with Gasteiger partial charge in [-0.15, -0.1) is 0 Å². The fraction of sp³-hybridized carbons (Fsp3) is 0.286. The molecule has 2 rings (SSSR count). The maximum absolute atomic E-state index is 12.7. The van der Waals surface area contributed by atoms with E-state index in [0.717, 1.165) is 29.1 Å². The van der Waals surface area contributed by atoms with Crippen LogP contribution >= 0.6 is 0 Å². The van der Waals surface area contributed by atoms with Crippen LogP contribution in [0.3, 0.4) is 0 Å². The standard InChI is InChI=1S/C21H25N3O9S2/c1-23(2)35(30,31)18-8-6-17(7-9-18)24(34(5,28)29)13-19(25)22-16-11-14(20(26)32-3)10-15(12-16)21(27)33-4/h6-12H,13H2,1-5H3,(H,22,25). The summed E-state index contributed by atoms with van der Waals surface area (Å²) < 4.78 is 60.3. The van der Waals surface area contributed by atoms with Crippen LogP contribution < -0.4 is 9.62 Å². The first-order chi connectivity index (χ1) is 16.2. The van der Waals surface area contributed by atoms with E-state index in [4.69, 9.17) is 0 Å². The van der Waals surface area contributed by atoms with Gasteiger partial charge >= 0.3 is 11.9 Å². The lowest BCUT2D eigenvalue weighted by Crippen LogP contribution is -2.37. The maximum Gasteiger partial charge on any atom is 0.337 e. The highest BCUT2D eigenvalue weighted by atomic mass is 32.2. The third-order valence-electron chi connectivity index (χ3n) is 4.65. The summed E-state index contributed by atoms with van der Waals surface area (Å²) in [5.41, 5.74) is 0.00446. The van der Waals surface area contributed by atoms with Crippen molar-refractivity contribution in [1.82, 2.24) is 4.31 Å². The molecule has 0 saturated heterocycles. The van der Waals surface area contributed by atoms with Gasteiger partial charge in [0.15, 0.2) is 0 Å². The Morgan fingerprint density at radius 2 is 1.34 bits per heavy atom. The second-order valence-electron chi connectivity index (χ2n) is 7.38. The summed E-state index contributed by atoms with van der Waals surface area (Å²) in [6.45, 7) is -0.672. The minimum atomic E-state index is -3.96. The van der Waals surface area contributed by atoms with Gasteiger partial charge in [0.1, 0.15) is 6.54 Å². The molecule has 0 heterocycles. The van der Waals surface area contributed by atoms with Crippen molar-refractivity contribution < 1.29 is 40.7 Å². The highest BCUT2D eigenvalue weighted by Gasteiger charge is 2.23. The average molecular weight is 528 g/mol. The smallest absolute Gasteiger partial charge is 0.337 e. The molecule has 0 spiro atoms. The molecule has 1 amide bonds. The molecule has 0 aliphatic rings. The van der Waals surface area contributed by atoms with Crippen molar-refractivity contribution >= 4 is 49.3 Å². The predicted molar refractivity (Wildman–Crippen MR) is 127 cm³/mol. The molecule has 0 atom stereocenters. The highest BCUT2D eigenvalue weighted by molar-refractivity contribution is 7.92. The number of amides is 1. The molecule has 1 N–H and O–H groups in total. The molecular formula is C21H25N3O9S2. The lowest BCUT2D eigenvalue weighted by Gasteiger charge is -2.22. The third-order valence-corrected chi connectivity index (χ3v) is 7.62. The van der Waals surface area contributed by atoms with Crippen molar-refractivity contribution in [3.8, 4) is 0 Å². The Bertz CT molecular complexity index is 1300. The number of esters is 2. The van der Waals surface area contributed by atoms with Crippen LogP contribution in [0.1, 0.15) is 20.7 Å². The summed E-state index contributed by atoms with van der Waals surface area (Å²) in [6, 6.07) is 8.70. The number of hydrogen-bond donors (Lipinski definition) is 1. The minimum absolute atomic E-state index is 0.0270. The molecule has 0 aliphatic carbocycles. The van der Waals surface area contributed by atoms with Crippen molar-refractivity contribution in [1.29, 1.82) is 0 Å². The first kappa shape index (κ1) is 27.8. The number of ether oxygens (including phenoxy) is 2. The van der Waals surface area contributed by atoms with Crippen molar-refractivity contribution in [2.24, 2.45) is 0 Å². The van der Waals surface area contributed by atoms with Gasteiger partial charge in [0.05, 0.1) is 42.2 Å². The summed E-state index contributed by atoms with van der Waals surface area (Å²) in [4.78, 5) is 36.5. The van der Waals surface area contributed by atoms with Crippen molar-refractivity contribution in [2.75, 3.05) is 50.7 Å². The molecule has 12 nitrogen and oxygen atoms in total. The Kier molecular flexibility index (Phi) is 8.59. The lowest BCUT2D eigenvalue weighted by molar-refractivity contribution is -0.114. The van der Waals surface area contributed by atoms with Gasteiger partial charge in [-0.05, 0) is 42.5 Å². The SMILES string of the molecule is COC(=O)c1cc(NC(=O)CN(c2ccc(S(=O)(=O)N(C)C)cc2)S(C)(=O)=O)cc(C(=O)OC)c1. The fourth-order valence-electron chi connectivity index (χ4n) is 2.90. The molecule has 0 aromatic heterocycles. The Morgan fingerprint density at radius 3 is 1.74 bits per heavy atom. The van der Waals surface area contributed by atoms with Crippen LogP contribution in [0, 0.1) is 0 Å². The van der Waals surface area contributed by atoms with Gasteiger partial charge in [-0.3, -0.25) is 9.10 Å². The summed E-state index contributed by atoms with van der Waals surface area (Å²) in [5.74, 6) is -2.33. The zero-order valence-corrected chi connectivity index (χ0v) is 21.3. The van der Waals surface area contributed by atoms with Crippen molar-refractivity contribution in [3.05, 3.63) is 53.6 Å². The number of rotatable bonds is 9. The predicted octanol–water partition coefficient (Wildman–Crippen LogP) is 0.915. The third kappa shape index (κ3) is 6.77. The van der Waals surface area contributed by atoms with E-state index in [0.29, 0.717) is 0 Å². The number of methoxy groups -OCH3 is 2. The Morgan fingerprint density at radius 1 is 0.857 bits per heavy atom. The number of nitrogens with zero attached hydrogens (tertiary/aromatic N) is 2. The van der Waals surface area contributed by atoms with E-state index in [9.17, 15) is 31.2 Å². The van der Waals surface area contributed by atoms with Gasteiger partial charge in [0, 0.05) is 19.8 Å². The molecule has 0 fully saturated rings. The van der Waals surface area contributed by atoms with Crippen LogP contribution in [-0.4, -0.2) is 80.1 Å². The fourth-order valence-corrected chi connectivity index (χ4v) is 4.66. The average Bonchev–Trinajstić information content (AvgIpc) is 2.80. The molecule has 35 heavy (non-hydrogen) atoms. The molecule has 14 heteroatoms. The van der Waals surface area contributed by atoms with Gasteiger partial charge in [0.25, 0.3) is 0 Å². The first-order valence-electron chi connectivity index (χ1n) is 9.82. The van der Waals surface area contributed by atoms with Gasteiger partial charge in [0.2, 0.25) is 26.0 Å². The summed E-state index contributed by atoms with van der Waals surface area (Å²) >= 11 is 0. The Labute approximate surface area is 203 Å². The maximum atomic E-state index is 12.7. The van der Waals surface area contributed by atoms with Crippen LogP contribution in [-0.2, 0) is 34.3 Å². The number of anilines is 2. The number of carbonyl (C=O) groups excluding carboxylic acids is 3. The monoisotopic (exact) mass is 527 g/mol. The molecule has 2 aromatic rings. The van der Waals surface area contributed by atoms with Gasteiger partial charge < -0.3 is 14.8 Å². The second-order valence-corrected chi connectivity index (χ2v) is 11.4. The second kappa shape index (κ2) is 10.8. The zero-order valence-electron chi connectivity index (χ0n) is 19.6. The minimum Gasteiger partial charge on any atom is -0.465 e. The number of nitrogens with one attached hydrogen (secondary N) is 1. The molecule has 0 radical (unpaired) electrons. The molecular weight excluding hydrogens is 502 g/mol. The summed E-state index contributed by atoms with van der Waals surface area (Å²) in [6.07, 6.45) is 0.887. The number of hydrogen-bond acceptors (Lipinski definition) is 9. The van der Waals surface area contributed by atoms with E-state index in [1.165, 1.54) is 56.6 Å². The molecule has 2 aromatic carbocycles. The first-order valence-corrected chi connectivity index (χ1v) is 13.1.